The molecule has 5 N–H and O–H groups in total. The smallest absolute Gasteiger partial charge is 0.341 e. The van der Waals surface area contributed by atoms with Gasteiger partial charge in [0.25, 0.3) is 0 Å². The van der Waals surface area contributed by atoms with Gasteiger partial charge in [0.1, 0.15) is 17.2 Å². The second kappa shape index (κ2) is 10.1. The van der Waals surface area contributed by atoms with Gasteiger partial charge in [0, 0.05) is 46.9 Å². The van der Waals surface area contributed by atoms with Crippen LogP contribution in [0.3, 0.4) is 0 Å². The molecule has 0 unspecified atom stereocenters. The maximum atomic E-state index is 15.2. The van der Waals surface area contributed by atoms with Crippen LogP contribution in [0.4, 0.5) is 16.2 Å². The highest BCUT2D eigenvalue weighted by atomic mass is 19.1. The van der Waals surface area contributed by atoms with E-state index in [0.717, 1.165) is 24.5 Å². The summed E-state index contributed by atoms with van der Waals surface area (Å²) in [6.45, 7) is 0. The van der Waals surface area contributed by atoms with Gasteiger partial charge in [-0.1, -0.05) is 12.2 Å². The Morgan fingerprint density at radius 1 is 1.15 bits per heavy atom. The van der Waals surface area contributed by atoms with E-state index in [4.69, 9.17) is 20.9 Å². The number of nitrogen functional groups attached to an aromatic ring is 2. The van der Waals surface area contributed by atoms with Gasteiger partial charge in [-0.2, -0.15) is 4.98 Å². The molecule has 0 radical (unpaired) electrons. The Balaban J connectivity index is 1.59. The number of anilines is 2. The molecule has 39 heavy (non-hydrogen) atoms. The van der Waals surface area contributed by atoms with Gasteiger partial charge in [-0.3, -0.25) is 4.79 Å². The van der Waals surface area contributed by atoms with E-state index in [-0.39, 0.29) is 34.3 Å². The van der Waals surface area contributed by atoms with Crippen LogP contribution in [-0.2, 0) is 6.42 Å². The molecule has 1 fully saturated rings. The first-order valence-electron chi connectivity index (χ1n) is 12.1. The standard InChI is InChI=1S/C28H26FN5O5/c1-38-23-9-14(8-17-12-32-28(31)33-26(17)30)7-16(25(23)39-2)4-3-15-10-22-19(11-21(15)29)24(35)20(27(36)37)13-34(22)18-5-6-18/h3-4,7,9-13,18H,5-6,8H2,1-2H3,(H,36,37)(H4,30,31,32,33)/b4-3+. The molecule has 1 aliphatic rings. The fourth-order valence-electron chi connectivity index (χ4n) is 4.57. The fourth-order valence-corrected chi connectivity index (χ4v) is 4.57. The number of pyridine rings is 1. The quantitative estimate of drug-likeness (QED) is 0.287. The molecule has 1 saturated carbocycles. The first-order valence-corrected chi connectivity index (χ1v) is 12.1. The molecular weight excluding hydrogens is 505 g/mol. The van der Waals surface area contributed by atoms with Crippen molar-refractivity contribution >= 4 is 40.8 Å². The number of nitrogens with two attached hydrogens (primary N) is 2. The molecule has 0 aliphatic heterocycles. The Bertz CT molecular complexity index is 1710. The molecule has 2 heterocycles. The first kappa shape index (κ1) is 25.7. The summed E-state index contributed by atoms with van der Waals surface area (Å²) >= 11 is 0. The second-order valence-corrected chi connectivity index (χ2v) is 9.28. The minimum atomic E-state index is -1.34. The number of rotatable bonds is 8. The largest absolute Gasteiger partial charge is 0.493 e. The third-order valence-corrected chi connectivity index (χ3v) is 6.64. The fraction of sp³-hybridized carbons (Fsp3) is 0.214. The number of methoxy groups -OCH3 is 2. The van der Waals surface area contributed by atoms with Crippen LogP contribution in [0.1, 0.15) is 51.5 Å². The summed E-state index contributed by atoms with van der Waals surface area (Å²) in [5.41, 5.74) is 13.3. The minimum Gasteiger partial charge on any atom is -0.493 e. The van der Waals surface area contributed by atoms with E-state index in [0.29, 0.717) is 34.6 Å². The van der Waals surface area contributed by atoms with Crippen LogP contribution in [0, 0.1) is 5.82 Å². The molecule has 200 valence electrons. The number of carbonyl (C=O) groups is 1. The third-order valence-electron chi connectivity index (χ3n) is 6.64. The second-order valence-electron chi connectivity index (χ2n) is 9.28. The maximum Gasteiger partial charge on any atom is 0.341 e. The number of nitrogens with zero attached hydrogens (tertiary/aromatic N) is 3. The average molecular weight is 532 g/mol. The summed E-state index contributed by atoms with van der Waals surface area (Å²) in [7, 11) is 3.02. The lowest BCUT2D eigenvalue weighted by Crippen LogP contribution is -2.19. The molecule has 4 aromatic rings. The van der Waals surface area contributed by atoms with Crippen LogP contribution in [0.5, 0.6) is 11.5 Å². The van der Waals surface area contributed by atoms with Gasteiger partial charge >= 0.3 is 5.97 Å². The van der Waals surface area contributed by atoms with Gasteiger partial charge in [-0.25, -0.2) is 14.2 Å². The number of fused-ring (bicyclic) bond motifs is 1. The zero-order chi connectivity index (χ0) is 27.8. The monoisotopic (exact) mass is 531 g/mol. The number of ether oxygens (including phenoxy) is 2. The van der Waals surface area contributed by atoms with E-state index >= 15 is 4.39 Å². The molecule has 0 spiro atoms. The molecule has 10 nitrogen and oxygen atoms in total. The van der Waals surface area contributed by atoms with Crippen molar-refractivity contribution < 1.29 is 23.8 Å². The average Bonchev–Trinajstić information content (AvgIpc) is 3.74. The van der Waals surface area contributed by atoms with Crippen LogP contribution < -0.4 is 26.4 Å². The Kier molecular flexibility index (Phi) is 6.65. The number of halogens is 1. The maximum absolute atomic E-state index is 15.2. The number of aromatic nitrogens is 3. The Labute approximate surface area is 222 Å². The van der Waals surface area contributed by atoms with Gasteiger partial charge in [0.15, 0.2) is 11.5 Å². The molecule has 5 rings (SSSR count). The highest BCUT2D eigenvalue weighted by Crippen LogP contribution is 2.38. The van der Waals surface area contributed by atoms with E-state index in [1.165, 1.54) is 20.4 Å². The van der Waals surface area contributed by atoms with Gasteiger partial charge in [-0.05, 0) is 42.7 Å². The zero-order valence-electron chi connectivity index (χ0n) is 21.3. The lowest BCUT2D eigenvalue weighted by molar-refractivity contribution is 0.0695. The van der Waals surface area contributed by atoms with E-state index in [1.807, 2.05) is 6.07 Å². The summed E-state index contributed by atoms with van der Waals surface area (Å²) in [6, 6.07) is 6.38. The van der Waals surface area contributed by atoms with Crippen molar-refractivity contribution in [3.05, 3.63) is 80.5 Å². The molecule has 2 aromatic heterocycles. The lowest BCUT2D eigenvalue weighted by atomic mass is 10.0. The lowest BCUT2D eigenvalue weighted by Gasteiger charge is -2.14. The number of carboxylic acids is 1. The molecular formula is C28H26FN5O5. The summed E-state index contributed by atoms with van der Waals surface area (Å²) < 4.78 is 28.1. The van der Waals surface area contributed by atoms with Crippen LogP contribution in [0.2, 0.25) is 0 Å². The van der Waals surface area contributed by atoms with Crippen LogP contribution in [-0.4, -0.2) is 39.8 Å². The Morgan fingerprint density at radius 3 is 2.54 bits per heavy atom. The summed E-state index contributed by atoms with van der Waals surface area (Å²) in [6.07, 6.45) is 8.26. The number of aromatic carboxylic acids is 1. The summed E-state index contributed by atoms with van der Waals surface area (Å²) in [5.74, 6) is -0.742. The molecule has 0 amide bonds. The van der Waals surface area contributed by atoms with Gasteiger partial charge in [-0.15, -0.1) is 0 Å². The Morgan fingerprint density at radius 2 is 1.90 bits per heavy atom. The topological polar surface area (TPSA) is 156 Å². The first-order chi connectivity index (χ1) is 18.7. The van der Waals surface area contributed by atoms with Crippen molar-refractivity contribution in [2.75, 3.05) is 25.7 Å². The molecule has 0 bridgehead atoms. The zero-order valence-corrected chi connectivity index (χ0v) is 21.3. The van der Waals surface area contributed by atoms with Crippen molar-refractivity contribution in [3.63, 3.8) is 0 Å². The SMILES string of the molecule is COc1cc(Cc2cnc(N)nc2N)cc(/C=C/c2cc3c(cc2F)c(=O)c(C(=O)O)cn3C2CC2)c1OC. The normalized spacial score (nSPS) is 13.2. The van der Waals surface area contributed by atoms with Crippen molar-refractivity contribution in [2.45, 2.75) is 25.3 Å². The van der Waals surface area contributed by atoms with Crippen LogP contribution in [0.15, 0.2) is 41.5 Å². The predicted octanol–water partition coefficient (Wildman–Crippen LogP) is 3.91. The molecule has 0 atom stereocenters. The van der Waals surface area contributed by atoms with E-state index in [1.54, 1.807) is 35.0 Å². The third kappa shape index (κ3) is 4.98. The van der Waals surface area contributed by atoms with E-state index in [9.17, 15) is 14.7 Å². The number of benzene rings is 2. The highest BCUT2D eigenvalue weighted by Gasteiger charge is 2.27. The Hall–Kier alpha value is -4.93. The van der Waals surface area contributed by atoms with E-state index < -0.39 is 17.2 Å². The highest BCUT2D eigenvalue weighted by molar-refractivity contribution is 5.93. The van der Waals surface area contributed by atoms with Gasteiger partial charge in [0.05, 0.1) is 19.7 Å². The van der Waals surface area contributed by atoms with Crippen LogP contribution >= 0.6 is 0 Å². The van der Waals surface area contributed by atoms with Crippen molar-refractivity contribution in [1.29, 1.82) is 0 Å². The summed E-state index contributed by atoms with van der Waals surface area (Å²) in [5, 5.41) is 9.49. The number of hydrogen-bond donors (Lipinski definition) is 3. The van der Waals surface area contributed by atoms with Crippen LogP contribution in [0.25, 0.3) is 23.1 Å². The summed E-state index contributed by atoms with van der Waals surface area (Å²) in [4.78, 5) is 32.4. The molecule has 11 heteroatoms. The molecule has 1 aliphatic carbocycles. The van der Waals surface area contributed by atoms with Crippen molar-refractivity contribution in [1.82, 2.24) is 14.5 Å². The van der Waals surface area contributed by atoms with Gasteiger partial charge < -0.3 is 30.6 Å². The van der Waals surface area contributed by atoms with Crippen molar-refractivity contribution in [2.24, 2.45) is 0 Å². The minimum absolute atomic E-state index is 0.0287. The van der Waals surface area contributed by atoms with Gasteiger partial charge in [0.2, 0.25) is 11.4 Å². The number of carboxylic acid groups (broad SMARTS) is 1. The van der Waals surface area contributed by atoms with Crippen molar-refractivity contribution in [3.8, 4) is 11.5 Å². The number of hydrogen-bond acceptors (Lipinski definition) is 8. The van der Waals surface area contributed by atoms with E-state index in [2.05, 4.69) is 9.97 Å². The molecule has 2 aromatic carbocycles. The predicted molar refractivity (Wildman–Crippen MR) is 146 cm³/mol. The molecule has 0 saturated heterocycles.